The van der Waals surface area contributed by atoms with Gasteiger partial charge in [0.25, 0.3) is 0 Å². The molecule has 0 saturated carbocycles. The van der Waals surface area contributed by atoms with E-state index in [1.807, 2.05) is 0 Å². The van der Waals surface area contributed by atoms with E-state index in [1.54, 1.807) is 0 Å². The number of nitrogens with one attached hydrogen (secondary N) is 2. The van der Waals surface area contributed by atoms with E-state index in [0.29, 0.717) is 0 Å². The van der Waals surface area contributed by atoms with Crippen LogP contribution in [-0.4, -0.2) is 0 Å². The Kier molecular flexibility index (Phi) is 4.80. The average molecular weight is 472 g/mol. The number of anilines is 2. The third-order valence-corrected chi connectivity index (χ3v) is 6.09. The Bertz CT molecular complexity index is 906. The molecular weight excluding hydrogens is 452 g/mol. The molecule has 0 spiro atoms. The fraction of sp³-hybridized carbons (Fsp3) is 0.182. The van der Waals surface area contributed by atoms with Gasteiger partial charge in [0.1, 0.15) is 0 Å². The molecule has 1 heterocycles. The first-order valence-electron chi connectivity index (χ1n) is 8.69. The van der Waals surface area contributed by atoms with Gasteiger partial charge < -0.3 is 10.6 Å². The highest BCUT2D eigenvalue weighted by atomic mass is 79.9. The highest BCUT2D eigenvalue weighted by molar-refractivity contribution is 9.10. The van der Waals surface area contributed by atoms with Crippen LogP contribution < -0.4 is 10.6 Å². The molecule has 132 valence electrons. The summed E-state index contributed by atoms with van der Waals surface area (Å²) in [6.45, 7) is 2.28. The Morgan fingerprint density at radius 3 is 2.04 bits per heavy atom. The molecule has 0 aromatic heterocycles. The molecule has 4 heteroatoms. The van der Waals surface area contributed by atoms with Crippen LogP contribution in [0.4, 0.5) is 11.4 Å². The summed E-state index contributed by atoms with van der Waals surface area (Å²) in [5.41, 5.74) is 4.66. The molecule has 0 aliphatic carbocycles. The maximum absolute atomic E-state index is 3.80. The number of halogens is 2. The molecule has 4 rings (SSSR count). The van der Waals surface area contributed by atoms with E-state index in [4.69, 9.17) is 0 Å². The van der Waals surface area contributed by atoms with E-state index in [1.165, 1.54) is 11.1 Å². The minimum absolute atomic E-state index is 0.182. The maximum Gasteiger partial charge on any atom is 0.0620 e. The molecule has 0 bridgehead atoms. The lowest BCUT2D eigenvalue weighted by Gasteiger charge is -2.33. The van der Waals surface area contributed by atoms with Gasteiger partial charge in [-0.3, -0.25) is 0 Å². The third-order valence-electron chi connectivity index (χ3n) is 5.03. The van der Waals surface area contributed by atoms with E-state index in [9.17, 15) is 0 Å². The first-order chi connectivity index (χ1) is 12.5. The number of para-hydroxylation sites is 2. The molecule has 0 fully saturated rings. The summed E-state index contributed by atoms with van der Waals surface area (Å²) >= 11 is 7.09. The Labute approximate surface area is 171 Å². The normalized spacial score (nSPS) is 21.9. The van der Waals surface area contributed by atoms with E-state index in [0.717, 1.165) is 26.7 Å². The van der Waals surface area contributed by atoms with Crippen LogP contribution in [0.25, 0.3) is 0 Å². The fourth-order valence-electron chi connectivity index (χ4n) is 3.62. The Morgan fingerprint density at radius 1 is 0.808 bits per heavy atom. The van der Waals surface area contributed by atoms with Crippen LogP contribution in [0.3, 0.4) is 0 Å². The Balaban J connectivity index is 1.79. The maximum atomic E-state index is 3.80. The van der Waals surface area contributed by atoms with Gasteiger partial charge in [-0.05, 0) is 60.9 Å². The zero-order chi connectivity index (χ0) is 18.1. The number of rotatable bonds is 2. The predicted octanol–water partition coefficient (Wildman–Crippen LogP) is 7.10. The Hall–Kier alpha value is -1.78. The molecule has 1 aliphatic rings. The van der Waals surface area contributed by atoms with Crippen LogP contribution >= 0.6 is 31.9 Å². The van der Waals surface area contributed by atoms with Crippen molar-refractivity contribution >= 4 is 43.2 Å². The van der Waals surface area contributed by atoms with Crippen LogP contribution in [0.2, 0.25) is 0 Å². The van der Waals surface area contributed by atoms with Crippen molar-refractivity contribution in [1.82, 2.24) is 0 Å². The van der Waals surface area contributed by atoms with Crippen molar-refractivity contribution in [3.63, 3.8) is 0 Å². The topological polar surface area (TPSA) is 24.1 Å². The van der Waals surface area contributed by atoms with E-state index >= 15 is 0 Å². The molecule has 2 N–H and O–H groups in total. The van der Waals surface area contributed by atoms with Gasteiger partial charge in [-0.25, -0.2) is 0 Å². The van der Waals surface area contributed by atoms with Gasteiger partial charge in [-0.1, -0.05) is 68.3 Å². The summed E-state index contributed by atoms with van der Waals surface area (Å²) in [5.74, 6) is 0. The summed E-state index contributed by atoms with van der Waals surface area (Å²) in [7, 11) is 0. The molecule has 2 atom stereocenters. The zero-order valence-corrected chi connectivity index (χ0v) is 17.6. The van der Waals surface area contributed by atoms with Crippen LogP contribution in [0.15, 0.2) is 81.7 Å². The van der Waals surface area contributed by atoms with Crippen molar-refractivity contribution in [3.05, 3.63) is 92.9 Å². The van der Waals surface area contributed by atoms with Crippen molar-refractivity contribution in [2.45, 2.75) is 24.9 Å². The molecule has 26 heavy (non-hydrogen) atoms. The molecule has 0 amide bonds. The highest BCUT2D eigenvalue weighted by Gasteiger charge is 2.34. The smallest absolute Gasteiger partial charge is 0.0620 e. The second-order valence-corrected chi connectivity index (χ2v) is 8.79. The van der Waals surface area contributed by atoms with E-state index < -0.39 is 0 Å². The SMILES string of the molecule is C[C@@]1(c2ccc(Br)cc2)C[C@@H](c2ccc(Br)cc2)Nc2ccccc2N1. The minimum Gasteiger partial charge on any atom is -0.376 e. The molecule has 0 unspecified atom stereocenters. The summed E-state index contributed by atoms with van der Waals surface area (Å²) in [6.07, 6.45) is 0.935. The molecule has 3 aromatic carbocycles. The van der Waals surface area contributed by atoms with Gasteiger partial charge in [0.05, 0.1) is 23.0 Å². The molecule has 2 nitrogen and oxygen atoms in total. The highest BCUT2D eigenvalue weighted by Crippen LogP contribution is 2.42. The quantitative estimate of drug-likeness (QED) is 0.416. The van der Waals surface area contributed by atoms with Gasteiger partial charge in [0.2, 0.25) is 0 Å². The van der Waals surface area contributed by atoms with Crippen molar-refractivity contribution in [2.75, 3.05) is 10.6 Å². The molecule has 1 aliphatic heterocycles. The van der Waals surface area contributed by atoms with Crippen molar-refractivity contribution in [1.29, 1.82) is 0 Å². The van der Waals surface area contributed by atoms with E-state index in [-0.39, 0.29) is 11.6 Å². The van der Waals surface area contributed by atoms with Crippen molar-refractivity contribution < 1.29 is 0 Å². The summed E-state index contributed by atoms with van der Waals surface area (Å²) in [4.78, 5) is 0. The standard InChI is InChI=1S/C22H20Br2N2/c1-22(16-8-12-18(24)13-9-16)14-21(15-6-10-17(23)11-7-15)25-19-4-2-3-5-20(19)26-22/h2-13,21,25-26H,14H2,1H3/t21-,22-/m0/s1. The van der Waals surface area contributed by atoms with Gasteiger partial charge in [-0.2, -0.15) is 0 Å². The third kappa shape index (κ3) is 3.53. The predicted molar refractivity (Wildman–Crippen MR) is 117 cm³/mol. The minimum atomic E-state index is -0.182. The van der Waals surface area contributed by atoms with Crippen LogP contribution in [0.5, 0.6) is 0 Å². The second-order valence-electron chi connectivity index (χ2n) is 6.96. The van der Waals surface area contributed by atoms with Gasteiger partial charge >= 0.3 is 0 Å². The largest absolute Gasteiger partial charge is 0.376 e. The lowest BCUT2D eigenvalue weighted by atomic mass is 9.84. The second kappa shape index (κ2) is 7.09. The zero-order valence-electron chi connectivity index (χ0n) is 14.5. The monoisotopic (exact) mass is 470 g/mol. The van der Waals surface area contributed by atoms with Gasteiger partial charge in [0.15, 0.2) is 0 Å². The van der Waals surface area contributed by atoms with Crippen LogP contribution in [0.1, 0.15) is 30.5 Å². The lowest BCUT2D eigenvalue weighted by Crippen LogP contribution is -2.33. The van der Waals surface area contributed by atoms with E-state index in [2.05, 4.69) is 122 Å². The summed E-state index contributed by atoms with van der Waals surface area (Å²) < 4.78 is 2.20. The number of hydrogen-bond acceptors (Lipinski definition) is 2. The first kappa shape index (κ1) is 17.6. The summed E-state index contributed by atoms with van der Waals surface area (Å²) in [5, 5.41) is 7.54. The summed E-state index contributed by atoms with van der Waals surface area (Å²) in [6, 6.07) is 25.9. The fourth-order valence-corrected chi connectivity index (χ4v) is 4.15. The number of fused-ring (bicyclic) bond motifs is 1. The number of benzene rings is 3. The first-order valence-corrected chi connectivity index (χ1v) is 10.3. The van der Waals surface area contributed by atoms with Gasteiger partial charge in [0, 0.05) is 8.95 Å². The molecule has 0 saturated heterocycles. The van der Waals surface area contributed by atoms with Crippen molar-refractivity contribution in [2.24, 2.45) is 0 Å². The number of hydrogen-bond donors (Lipinski definition) is 2. The Morgan fingerprint density at radius 2 is 1.38 bits per heavy atom. The van der Waals surface area contributed by atoms with Crippen LogP contribution in [-0.2, 0) is 5.54 Å². The average Bonchev–Trinajstić information content (AvgIpc) is 2.79. The van der Waals surface area contributed by atoms with Crippen LogP contribution in [0, 0.1) is 0 Å². The van der Waals surface area contributed by atoms with Crippen molar-refractivity contribution in [3.8, 4) is 0 Å². The molecule has 3 aromatic rings. The lowest BCUT2D eigenvalue weighted by molar-refractivity contribution is 0.464. The molecule has 0 radical (unpaired) electrons. The molecular formula is C22H20Br2N2. The van der Waals surface area contributed by atoms with Gasteiger partial charge in [-0.15, -0.1) is 0 Å².